The topological polar surface area (TPSA) is 99.1 Å². The minimum absolute atomic E-state index is 0.00750. The summed E-state index contributed by atoms with van der Waals surface area (Å²) in [6.45, 7) is 0.395. The largest absolute Gasteiger partial charge is 0.480 e. The summed E-state index contributed by atoms with van der Waals surface area (Å²) in [5.74, 6) is -1.25. The molecule has 0 bridgehead atoms. The molecule has 1 rings (SSSR count). The molecule has 0 radical (unpaired) electrons. The van der Waals surface area contributed by atoms with Crippen molar-refractivity contribution in [2.75, 3.05) is 26.8 Å². The van der Waals surface area contributed by atoms with Crippen LogP contribution in [0.3, 0.4) is 0 Å². The lowest BCUT2D eigenvalue weighted by atomic mass is 10.1. The van der Waals surface area contributed by atoms with E-state index >= 15 is 0 Å². The summed E-state index contributed by atoms with van der Waals surface area (Å²) in [7, 11) is 1.58. The van der Waals surface area contributed by atoms with Crippen molar-refractivity contribution in [2.45, 2.75) is 25.0 Å². The van der Waals surface area contributed by atoms with E-state index in [1.165, 1.54) is 4.90 Å². The predicted molar refractivity (Wildman–Crippen MR) is 58.6 cm³/mol. The van der Waals surface area contributed by atoms with Gasteiger partial charge < -0.3 is 25.2 Å². The predicted octanol–water partition coefficient (Wildman–Crippen LogP) is -0.748. The number of carbonyl (C=O) groups excluding carboxylic acids is 1. The van der Waals surface area contributed by atoms with Gasteiger partial charge in [0.05, 0.1) is 12.7 Å². The summed E-state index contributed by atoms with van der Waals surface area (Å²) in [5.41, 5.74) is 0. The molecular weight excluding hydrogens is 228 g/mol. The van der Waals surface area contributed by atoms with Crippen molar-refractivity contribution in [3.63, 3.8) is 0 Å². The second kappa shape index (κ2) is 6.41. The minimum atomic E-state index is -1.26. The van der Waals surface area contributed by atoms with Crippen LogP contribution >= 0.6 is 0 Å². The van der Waals surface area contributed by atoms with Gasteiger partial charge in [-0.2, -0.15) is 0 Å². The molecule has 17 heavy (non-hydrogen) atoms. The highest BCUT2D eigenvalue weighted by Crippen LogP contribution is 2.12. The van der Waals surface area contributed by atoms with E-state index < -0.39 is 24.6 Å². The zero-order valence-corrected chi connectivity index (χ0v) is 9.76. The number of aliphatic carboxylic acids is 1. The van der Waals surface area contributed by atoms with Gasteiger partial charge in [0.15, 0.2) is 6.04 Å². The van der Waals surface area contributed by atoms with Crippen LogP contribution in [0.2, 0.25) is 0 Å². The fraction of sp³-hybridized carbons (Fsp3) is 0.800. The number of amides is 2. The number of rotatable bonds is 4. The third-order valence-electron chi connectivity index (χ3n) is 2.78. The third-order valence-corrected chi connectivity index (χ3v) is 2.78. The molecule has 1 aliphatic heterocycles. The maximum Gasteiger partial charge on any atom is 0.328 e. The number of methoxy groups -OCH3 is 1. The number of aliphatic hydroxyl groups excluding tert-OH is 1. The number of nitrogens with zero attached hydrogens (tertiary/aromatic N) is 1. The number of aliphatic hydroxyl groups is 1. The molecule has 98 valence electrons. The molecule has 0 saturated carbocycles. The molecule has 1 fully saturated rings. The highest BCUT2D eigenvalue weighted by Gasteiger charge is 2.26. The highest BCUT2D eigenvalue weighted by atomic mass is 16.5. The van der Waals surface area contributed by atoms with E-state index in [2.05, 4.69) is 5.32 Å². The molecule has 1 aliphatic rings. The Labute approximate surface area is 99.4 Å². The van der Waals surface area contributed by atoms with Crippen LogP contribution < -0.4 is 5.32 Å². The number of carboxylic acids is 1. The first-order valence-corrected chi connectivity index (χ1v) is 5.50. The van der Waals surface area contributed by atoms with E-state index in [1.807, 2.05) is 0 Å². The van der Waals surface area contributed by atoms with Crippen molar-refractivity contribution in [3.8, 4) is 0 Å². The van der Waals surface area contributed by atoms with Crippen LogP contribution in [-0.2, 0) is 9.53 Å². The van der Waals surface area contributed by atoms with Crippen molar-refractivity contribution >= 4 is 12.0 Å². The Hall–Kier alpha value is -1.34. The SMILES string of the molecule is COC1CCCN(C(=O)N[C@H](CO)C(=O)O)C1. The maximum absolute atomic E-state index is 11.7. The molecule has 7 heteroatoms. The lowest BCUT2D eigenvalue weighted by molar-refractivity contribution is -0.140. The van der Waals surface area contributed by atoms with Crippen molar-refractivity contribution in [1.29, 1.82) is 0 Å². The summed E-state index contributed by atoms with van der Waals surface area (Å²) >= 11 is 0. The molecule has 1 heterocycles. The average molecular weight is 246 g/mol. The Balaban J connectivity index is 2.48. The van der Waals surface area contributed by atoms with Gasteiger partial charge in [0.25, 0.3) is 0 Å². The molecule has 0 aliphatic carbocycles. The van der Waals surface area contributed by atoms with Crippen LogP contribution in [0, 0.1) is 0 Å². The fourth-order valence-electron chi connectivity index (χ4n) is 1.74. The molecular formula is C10H18N2O5. The lowest BCUT2D eigenvalue weighted by Gasteiger charge is -2.32. The number of piperidine rings is 1. The van der Waals surface area contributed by atoms with Crippen molar-refractivity contribution in [3.05, 3.63) is 0 Å². The number of carboxylic acid groups (broad SMARTS) is 1. The first kappa shape index (κ1) is 13.7. The van der Waals surface area contributed by atoms with Gasteiger partial charge in [-0.25, -0.2) is 9.59 Å². The molecule has 0 aromatic heterocycles. The first-order valence-electron chi connectivity index (χ1n) is 5.50. The van der Waals surface area contributed by atoms with Crippen LogP contribution in [-0.4, -0.2) is 66.1 Å². The second-order valence-electron chi connectivity index (χ2n) is 3.97. The summed E-state index contributed by atoms with van der Waals surface area (Å²) in [4.78, 5) is 23.9. The number of nitrogens with one attached hydrogen (secondary N) is 1. The molecule has 2 atom stereocenters. The van der Waals surface area contributed by atoms with Gasteiger partial charge in [0.1, 0.15) is 0 Å². The van der Waals surface area contributed by atoms with Crippen molar-refractivity contribution in [1.82, 2.24) is 10.2 Å². The molecule has 3 N–H and O–H groups in total. The van der Waals surface area contributed by atoms with E-state index in [0.29, 0.717) is 13.1 Å². The Kier molecular flexibility index (Phi) is 5.17. The number of urea groups is 1. The number of carbonyl (C=O) groups is 2. The smallest absolute Gasteiger partial charge is 0.328 e. The number of hydrogen-bond donors (Lipinski definition) is 3. The Morgan fingerprint density at radius 1 is 1.59 bits per heavy atom. The molecule has 0 aromatic rings. The van der Waals surface area contributed by atoms with Crippen LogP contribution in [0.5, 0.6) is 0 Å². The summed E-state index contributed by atoms with van der Waals surface area (Å²) < 4.78 is 5.16. The monoisotopic (exact) mass is 246 g/mol. The van der Waals surface area contributed by atoms with Gasteiger partial charge in [0, 0.05) is 20.2 Å². The van der Waals surface area contributed by atoms with Gasteiger partial charge in [-0.15, -0.1) is 0 Å². The maximum atomic E-state index is 11.7. The Morgan fingerprint density at radius 2 is 2.29 bits per heavy atom. The van der Waals surface area contributed by atoms with Crippen LogP contribution in [0.25, 0.3) is 0 Å². The van der Waals surface area contributed by atoms with Crippen LogP contribution in [0.1, 0.15) is 12.8 Å². The number of hydrogen-bond acceptors (Lipinski definition) is 4. The molecule has 7 nitrogen and oxygen atoms in total. The van der Waals surface area contributed by atoms with Crippen LogP contribution in [0.4, 0.5) is 4.79 Å². The van der Waals surface area contributed by atoms with Gasteiger partial charge in [0.2, 0.25) is 0 Å². The van der Waals surface area contributed by atoms with E-state index in [-0.39, 0.29) is 6.10 Å². The molecule has 1 unspecified atom stereocenters. The van der Waals surface area contributed by atoms with Crippen molar-refractivity contribution in [2.24, 2.45) is 0 Å². The van der Waals surface area contributed by atoms with Gasteiger partial charge in [-0.05, 0) is 12.8 Å². The van der Waals surface area contributed by atoms with Gasteiger partial charge >= 0.3 is 12.0 Å². The normalized spacial score (nSPS) is 22.0. The standard InChI is InChI=1S/C10H18N2O5/c1-17-7-3-2-4-12(5-7)10(16)11-8(6-13)9(14)15/h7-8,13H,2-6H2,1H3,(H,11,16)(H,14,15)/t7?,8-/m1/s1. The average Bonchev–Trinajstić information content (AvgIpc) is 2.35. The summed E-state index contributed by atoms with van der Waals surface area (Å²) in [6, 6.07) is -1.74. The quantitative estimate of drug-likeness (QED) is 0.606. The number of likely N-dealkylation sites (tertiary alicyclic amines) is 1. The lowest BCUT2D eigenvalue weighted by Crippen LogP contribution is -2.53. The zero-order chi connectivity index (χ0) is 12.8. The van der Waals surface area contributed by atoms with E-state index in [0.717, 1.165) is 12.8 Å². The van der Waals surface area contributed by atoms with Crippen LogP contribution in [0.15, 0.2) is 0 Å². The second-order valence-corrected chi connectivity index (χ2v) is 3.97. The third kappa shape index (κ3) is 3.86. The Morgan fingerprint density at radius 3 is 2.82 bits per heavy atom. The first-order chi connectivity index (χ1) is 8.08. The number of ether oxygens (including phenoxy) is 1. The van der Waals surface area contributed by atoms with E-state index in [9.17, 15) is 9.59 Å². The van der Waals surface area contributed by atoms with Gasteiger partial charge in [-0.1, -0.05) is 0 Å². The highest BCUT2D eigenvalue weighted by molar-refractivity contribution is 5.82. The fourth-order valence-corrected chi connectivity index (χ4v) is 1.74. The minimum Gasteiger partial charge on any atom is -0.480 e. The Bertz CT molecular complexity index is 284. The summed E-state index contributed by atoms with van der Waals surface area (Å²) in [6.07, 6.45) is 1.71. The molecule has 2 amide bonds. The zero-order valence-electron chi connectivity index (χ0n) is 9.76. The van der Waals surface area contributed by atoms with E-state index in [1.54, 1.807) is 7.11 Å². The summed E-state index contributed by atoms with van der Waals surface area (Å²) in [5, 5.41) is 19.8. The van der Waals surface area contributed by atoms with E-state index in [4.69, 9.17) is 14.9 Å². The van der Waals surface area contributed by atoms with Crippen molar-refractivity contribution < 1.29 is 24.5 Å². The molecule has 0 aromatic carbocycles. The van der Waals surface area contributed by atoms with Gasteiger partial charge in [-0.3, -0.25) is 0 Å². The molecule has 0 spiro atoms. The molecule has 1 saturated heterocycles.